The Kier molecular flexibility index (Phi) is 13.0. The van der Waals surface area contributed by atoms with Gasteiger partial charge in [0, 0.05) is 36.9 Å². The Hall–Kier alpha value is -5.16. The number of carbonyl (C=O) groups excluding carboxylic acids is 4. The molecular formula is C45H53N3O12. The first-order valence-corrected chi connectivity index (χ1v) is 20.4. The second-order valence-corrected chi connectivity index (χ2v) is 16.4. The summed E-state index contributed by atoms with van der Waals surface area (Å²) in [5.41, 5.74) is 0.747. The van der Waals surface area contributed by atoms with Gasteiger partial charge in [-0.1, -0.05) is 84.9 Å². The van der Waals surface area contributed by atoms with E-state index in [2.05, 4.69) is 10.6 Å². The number of aliphatic hydroxyl groups excluding tert-OH is 2. The molecule has 320 valence electrons. The van der Waals surface area contributed by atoms with Gasteiger partial charge in [0.2, 0.25) is 17.6 Å². The molecule has 3 aromatic carbocycles. The van der Waals surface area contributed by atoms with Crippen molar-refractivity contribution in [3.8, 4) is 0 Å². The summed E-state index contributed by atoms with van der Waals surface area (Å²) in [6.45, 7) is 4.84. The van der Waals surface area contributed by atoms with E-state index in [1.165, 1.54) is 11.3 Å². The van der Waals surface area contributed by atoms with Crippen LogP contribution in [0, 0.1) is 5.41 Å². The molecule has 7 unspecified atom stereocenters. The first-order chi connectivity index (χ1) is 28.9. The van der Waals surface area contributed by atoms with Gasteiger partial charge in [0.25, 0.3) is 0 Å². The van der Waals surface area contributed by atoms with Gasteiger partial charge in [-0.25, -0.2) is 0 Å². The molecule has 0 radical (unpaired) electrons. The number of benzene rings is 3. The van der Waals surface area contributed by atoms with Gasteiger partial charge in [0.15, 0.2) is 6.04 Å². The molecule has 7 atom stereocenters. The maximum atomic E-state index is 14.9. The van der Waals surface area contributed by atoms with E-state index >= 15 is 0 Å². The van der Waals surface area contributed by atoms with Crippen molar-refractivity contribution in [3.63, 3.8) is 0 Å². The Bertz CT molecular complexity index is 1980. The van der Waals surface area contributed by atoms with Gasteiger partial charge in [-0.05, 0) is 44.4 Å². The van der Waals surface area contributed by atoms with Crippen LogP contribution < -0.4 is 10.6 Å². The molecule has 3 aliphatic heterocycles. The van der Waals surface area contributed by atoms with Crippen LogP contribution in [0.5, 0.6) is 0 Å². The third-order valence-corrected chi connectivity index (χ3v) is 11.2. The fraction of sp³-hybridized carbons (Fsp3) is 0.467. The number of hydroxylamine groups is 2. The molecule has 7 rings (SSSR count). The van der Waals surface area contributed by atoms with E-state index in [0.29, 0.717) is 11.1 Å². The van der Waals surface area contributed by atoms with E-state index in [1.807, 2.05) is 84.9 Å². The third-order valence-electron chi connectivity index (χ3n) is 11.2. The van der Waals surface area contributed by atoms with E-state index in [1.54, 1.807) is 26.8 Å². The maximum Gasteiger partial charge on any atom is 0.327 e. The lowest BCUT2D eigenvalue weighted by atomic mass is 9.62. The Balaban J connectivity index is 1.16. The highest BCUT2D eigenvalue weighted by Gasteiger charge is 2.76. The molecule has 3 aromatic rings. The second kappa shape index (κ2) is 18.2. The molecule has 15 nitrogen and oxygen atoms in total. The van der Waals surface area contributed by atoms with Crippen molar-refractivity contribution in [3.05, 3.63) is 113 Å². The summed E-state index contributed by atoms with van der Waals surface area (Å²) in [6, 6.07) is 24.4. The van der Waals surface area contributed by atoms with Crippen molar-refractivity contribution in [2.45, 2.75) is 101 Å². The number of nitrogens with one attached hydrogen (secondary N) is 2. The molecule has 0 aromatic heterocycles. The molecule has 60 heavy (non-hydrogen) atoms. The summed E-state index contributed by atoms with van der Waals surface area (Å²) in [6.07, 6.45) is -0.312. The Morgan fingerprint density at radius 2 is 1.60 bits per heavy atom. The van der Waals surface area contributed by atoms with Crippen LogP contribution in [0.4, 0.5) is 0 Å². The number of nitrogens with zero attached hydrogens (tertiary/aromatic N) is 1. The minimum Gasteiger partial charge on any atom is -0.499 e. The lowest BCUT2D eigenvalue weighted by molar-refractivity contribution is -0.213. The number of rotatable bonds is 17. The number of aliphatic hydroxyl groups is 2. The molecule has 15 heteroatoms. The van der Waals surface area contributed by atoms with Crippen molar-refractivity contribution in [2.24, 2.45) is 5.41 Å². The number of hydrogen-bond acceptors (Lipinski definition) is 13. The number of amides is 2. The average molecular weight is 828 g/mol. The first-order valence-electron chi connectivity index (χ1n) is 20.4. The maximum absolute atomic E-state index is 14.9. The van der Waals surface area contributed by atoms with Gasteiger partial charge >= 0.3 is 11.9 Å². The number of esters is 2. The largest absolute Gasteiger partial charge is 0.499 e. The van der Waals surface area contributed by atoms with Crippen molar-refractivity contribution in [1.82, 2.24) is 15.7 Å². The molecule has 4 fully saturated rings. The summed E-state index contributed by atoms with van der Waals surface area (Å²) >= 11 is 0. The molecule has 0 spiro atoms. The molecule has 2 amide bonds. The fourth-order valence-corrected chi connectivity index (χ4v) is 8.59. The lowest BCUT2D eigenvalue weighted by Crippen LogP contribution is -2.69. The van der Waals surface area contributed by atoms with E-state index in [4.69, 9.17) is 33.6 Å². The molecule has 1 aliphatic carbocycles. The average Bonchev–Trinajstić information content (AvgIpc) is 3.81. The van der Waals surface area contributed by atoms with Gasteiger partial charge in [-0.3, -0.25) is 24.0 Å². The SMILES string of the molecule is CC(C)(C)OC(=O)CCC(CO)NC(=O)CCNC(=O)C12CC3OC(=O)C1N(Cc1ccccc1C=COCCO)OC2C1OC(c2ccccc2)(c2ccccc2)OC31. The molecule has 3 saturated heterocycles. The highest BCUT2D eigenvalue weighted by Crippen LogP contribution is 2.59. The lowest BCUT2D eigenvalue weighted by Gasteiger charge is -2.48. The topological polar surface area (TPSA) is 191 Å². The predicted octanol–water partition coefficient (Wildman–Crippen LogP) is 3.26. The van der Waals surface area contributed by atoms with Crippen LogP contribution in [0.3, 0.4) is 0 Å². The fourth-order valence-electron chi connectivity index (χ4n) is 8.59. The number of carbonyl (C=O) groups is 4. The zero-order chi connectivity index (χ0) is 42.5. The molecule has 4 N–H and O–H groups in total. The Morgan fingerprint density at radius 1 is 0.933 bits per heavy atom. The van der Waals surface area contributed by atoms with E-state index in [0.717, 1.165) is 11.1 Å². The molecule has 3 heterocycles. The summed E-state index contributed by atoms with van der Waals surface area (Å²) in [4.78, 5) is 61.3. The minimum atomic E-state index is -1.53. The standard InChI is InChI=1S/C45H53N3O12/c1-43(2,3)57-36(52)19-18-33(28-50)47-35(51)20-22-46-42(54)44-26-34-37-38(59-45(58-37,31-14-6-4-7-15-31)32-16-8-5-9-17-32)40(44)60-48(39(44)41(53)56-34)27-30-13-11-10-12-29(30)21-24-55-25-23-49/h4-17,21,24,33-34,37-40,49-50H,18-20,22-23,25-28H2,1-3H3,(H,46,54)(H,47,51). The van der Waals surface area contributed by atoms with Crippen LogP contribution in [0.15, 0.2) is 91.2 Å². The smallest absolute Gasteiger partial charge is 0.327 e. The number of ether oxygens (including phenoxy) is 5. The molecule has 2 bridgehead atoms. The predicted molar refractivity (Wildman–Crippen MR) is 215 cm³/mol. The normalized spacial score (nSPS) is 25.9. The van der Waals surface area contributed by atoms with Crippen molar-refractivity contribution in [2.75, 3.05) is 26.4 Å². The first kappa shape index (κ1) is 42.9. The Morgan fingerprint density at radius 3 is 2.27 bits per heavy atom. The van der Waals surface area contributed by atoms with Crippen molar-refractivity contribution >= 4 is 29.8 Å². The monoisotopic (exact) mass is 827 g/mol. The highest BCUT2D eigenvalue weighted by molar-refractivity contribution is 5.94. The highest BCUT2D eigenvalue weighted by atomic mass is 16.8. The van der Waals surface area contributed by atoms with Crippen LogP contribution in [-0.4, -0.2) is 107 Å². The third kappa shape index (κ3) is 8.83. The number of hydrogen-bond donors (Lipinski definition) is 4. The summed E-state index contributed by atoms with van der Waals surface area (Å²) in [7, 11) is 0. The Labute approximate surface area is 348 Å². The van der Waals surface area contributed by atoms with Gasteiger partial charge in [-0.2, -0.15) is 5.06 Å². The van der Waals surface area contributed by atoms with Crippen LogP contribution in [0.2, 0.25) is 0 Å². The van der Waals surface area contributed by atoms with E-state index < -0.39 is 83.7 Å². The van der Waals surface area contributed by atoms with Crippen LogP contribution >= 0.6 is 0 Å². The van der Waals surface area contributed by atoms with Crippen LogP contribution in [-0.2, 0) is 60.0 Å². The van der Waals surface area contributed by atoms with E-state index in [-0.39, 0.29) is 52.0 Å². The summed E-state index contributed by atoms with van der Waals surface area (Å²) < 4.78 is 30.9. The summed E-state index contributed by atoms with van der Waals surface area (Å²) in [5.74, 6) is -3.49. The van der Waals surface area contributed by atoms with Gasteiger partial charge in [0.05, 0.1) is 32.1 Å². The molecule has 1 saturated carbocycles. The van der Waals surface area contributed by atoms with Crippen LogP contribution in [0.1, 0.15) is 68.7 Å². The second-order valence-electron chi connectivity index (χ2n) is 16.4. The van der Waals surface area contributed by atoms with Crippen molar-refractivity contribution < 1.29 is 57.9 Å². The zero-order valence-corrected chi connectivity index (χ0v) is 34.0. The number of fused-ring (bicyclic) bond motifs is 4. The quantitative estimate of drug-likeness (QED) is 0.0883. The van der Waals surface area contributed by atoms with Crippen LogP contribution in [0.25, 0.3) is 6.08 Å². The van der Waals surface area contributed by atoms with Gasteiger partial charge in [-0.15, -0.1) is 0 Å². The molecular weight excluding hydrogens is 775 g/mol. The minimum absolute atomic E-state index is 0.000602. The summed E-state index contributed by atoms with van der Waals surface area (Å²) in [5, 5.41) is 26.2. The molecule has 4 aliphatic rings. The zero-order valence-electron chi connectivity index (χ0n) is 34.0. The van der Waals surface area contributed by atoms with Gasteiger partial charge in [0.1, 0.15) is 42.0 Å². The van der Waals surface area contributed by atoms with Crippen molar-refractivity contribution in [1.29, 1.82) is 0 Å². The van der Waals surface area contributed by atoms with E-state index in [9.17, 15) is 24.3 Å². The van der Waals surface area contributed by atoms with Gasteiger partial charge < -0.3 is 44.5 Å².